The van der Waals surface area contributed by atoms with Crippen LogP contribution in [0, 0.1) is 0 Å². The molecule has 1 heterocycles. The van der Waals surface area contributed by atoms with Gasteiger partial charge in [0.05, 0.1) is 19.2 Å². The van der Waals surface area contributed by atoms with Crippen LogP contribution in [0.25, 0.3) is 10.8 Å². The minimum atomic E-state index is -0.824. The monoisotopic (exact) mass is 295 g/mol. The van der Waals surface area contributed by atoms with Gasteiger partial charge in [0, 0.05) is 0 Å². The smallest absolute Gasteiger partial charge is 0.224 e. The molecule has 4 nitrogen and oxygen atoms in total. The zero-order chi connectivity index (χ0) is 15.4. The number of aliphatic hydroxyl groups excluding tert-OH is 1. The first kappa shape index (κ1) is 14.4. The average Bonchev–Trinajstić information content (AvgIpc) is 3.07. The van der Waals surface area contributed by atoms with E-state index in [-0.39, 0.29) is 18.9 Å². The molecule has 3 rings (SSSR count). The number of nitrogens with one attached hydrogen (secondary N) is 1. The third-order valence-corrected chi connectivity index (χ3v) is 3.54. The van der Waals surface area contributed by atoms with E-state index in [1.165, 1.54) is 6.26 Å². The molecule has 1 amide bonds. The first-order valence-electron chi connectivity index (χ1n) is 7.18. The molecular weight excluding hydrogens is 278 g/mol. The summed E-state index contributed by atoms with van der Waals surface area (Å²) in [5.41, 5.74) is 0.948. The lowest BCUT2D eigenvalue weighted by atomic mass is 10.0. The Morgan fingerprint density at radius 1 is 1.09 bits per heavy atom. The van der Waals surface area contributed by atoms with Crippen molar-refractivity contribution in [3.63, 3.8) is 0 Å². The molecule has 0 radical (unpaired) electrons. The SMILES string of the molecule is O=C(Cc1ccc2ccccc2c1)NCC(O)c1ccco1. The summed E-state index contributed by atoms with van der Waals surface area (Å²) in [4.78, 5) is 12.0. The standard InChI is InChI=1S/C18H17NO3/c20-16(17-6-3-9-22-17)12-19-18(21)11-13-7-8-14-4-1-2-5-15(14)10-13/h1-10,16,20H,11-12H2,(H,19,21). The highest BCUT2D eigenvalue weighted by Gasteiger charge is 2.12. The molecule has 0 spiro atoms. The predicted molar refractivity (Wildman–Crippen MR) is 84.3 cm³/mol. The molecule has 1 aromatic heterocycles. The number of aliphatic hydroxyl groups is 1. The van der Waals surface area contributed by atoms with Gasteiger partial charge in [0.25, 0.3) is 0 Å². The van der Waals surface area contributed by atoms with Crippen molar-refractivity contribution >= 4 is 16.7 Å². The molecule has 3 aromatic rings. The van der Waals surface area contributed by atoms with Crippen LogP contribution in [0.15, 0.2) is 65.3 Å². The fraction of sp³-hybridized carbons (Fsp3) is 0.167. The summed E-state index contributed by atoms with van der Waals surface area (Å²) in [6, 6.07) is 17.4. The van der Waals surface area contributed by atoms with Gasteiger partial charge in [0.1, 0.15) is 11.9 Å². The van der Waals surface area contributed by atoms with Crippen molar-refractivity contribution in [1.29, 1.82) is 0 Å². The van der Waals surface area contributed by atoms with E-state index in [0.29, 0.717) is 5.76 Å². The molecule has 112 valence electrons. The first-order valence-corrected chi connectivity index (χ1v) is 7.18. The number of carbonyl (C=O) groups is 1. The quantitative estimate of drug-likeness (QED) is 0.761. The number of benzene rings is 2. The van der Waals surface area contributed by atoms with Crippen molar-refractivity contribution in [2.75, 3.05) is 6.54 Å². The molecular formula is C18H17NO3. The Labute approximate surface area is 128 Å². The maximum absolute atomic E-state index is 12.0. The van der Waals surface area contributed by atoms with Gasteiger partial charge in [-0.2, -0.15) is 0 Å². The van der Waals surface area contributed by atoms with E-state index in [4.69, 9.17) is 4.42 Å². The molecule has 1 unspecified atom stereocenters. The number of hydrogen-bond acceptors (Lipinski definition) is 3. The highest BCUT2D eigenvalue weighted by molar-refractivity contribution is 5.85. The molecule has 22 heavy (non-hydrogen) atoms. The number of rotatable bonds is 5. The van der Waals surface area contributed by atoms with Gasteiger partial charge in [-0.05, 0) is 28.5 Å². The molecule has 2 aromatic carbocycles. The Balaban J connectivity index is 1.58. The average molecular weight is 295 g/mol. The van der Waals surface area contributed by atoms with Crippen molar-refractivity contribution in [1.82, 2.24) is 5.32 Å². The number of amides is 1. The molecule has 0 bridgehead atoms. The van der Waals surface area contributed by atoms with E-state index < -0.39 is 6.10 Å². The van der Waals surface area contributed by atoms with E-state index in [0.717, 1.165) is 16.3 Å². The first-order chi connectivity index (χ1) is 10.7. The van der Waals surface area contributed by atoms with Gasteiger partial charge in [-0.15, -0.1) is 0 Å². The highest BCUT2D eigenvalue weighted by Crippen LogP contribution is 2.16. The van der Waals surface area contributed by atoms with Gasteiger partial charge >= 0.3 is 0 Å². The van der Waals surface area contributed by atoms with Crippen LogP contribution < -0.4 is 5.32 Å². The van der Waals surface area contributed by atoms with Crippen LogP contribution in [0.4, 0.5) is 0 Å². The van der Waals surface area contributed by atoms with Crippen LogP contribution in [0.5, 0.6) is 0 Å². The Hall–Kier alpha value is -2.59. The highest BCUT2D eigenvalue weighted by atomic mass is 16.4. The Morgan fingerprint density at radius 2 is 1.91 bits per heavy atom. The van der Waals surface area contributed by atoms with E-state index in [1.807, 2.05) is 42.5 Å². The number of carbonyl (C=O) groups excluding carboxylic acids is 1. The van der Waals surface area contributed by atoms with Gasteiger partial charge in [0.2, 0.25) is 5.91 Å². The summed E-state index contributed by atoms with van der Waals surface area (Å²) in [5.74, 6) is 0.326. The zero-order valence-electron chi connectivity index (χ0n) is 12.0. The Kier molecular flexibility index (Phi) is 4.21. The van der Waals surface area contributed by atoms with Crippen LogP contribution in [-0.4, -0.2) is 17.6 Å². The summed E-state index contributed by atoms with van der Waals surface area (Å²) in [6.07, 6.45) is 0.959. The Bertz CT molecular complexity index is 765. The molecule has 0 aliphatic heterocycles. The summed E-state index contributed by atoms with van der Waals surface area (Å²) < 4.78 is 5.09. The lowest BCUT2D eigenvalue weighted by molar-refractivity contribution is -0.120. The maximum atomic E-state index is 12.0. The van der Waals surface area contributed by atoms with E-state index in [2.05, 4.69) is 5.32 Å². The zero-order valence-corrected chi connectivity index (χ0v) is 12.0. The van der Waals surface area contributed by atoms with Gasteiger partial charge in [-0.1, -0.05) is 42.5 Å². The fourth-order valence-corrected chi connectivity index (χ4v) is 2.39. The molecule has 0 fully saturated rings. The lowest BCUT2D eigenvalue weighted by Crippen LogP contribution is -2.29. The van der Waals surface area contributed by atoms with E-state index in [1.54, 1.807) is 12.1 Å². The molecule has 4 heteroatoms. The van der Waals surface area contributed by atoms with Crippen molar-refractivity contribution in [2.24, 2.45) is 0 Å². The van der Waals surface area contributed by atoms with Crippen LogP contribution in [-0.2, 0) is 11.2 Å². The Morgan fingerprint density at radius 3 is 2.68 bits per heavy atom. The third-order valence-electron chi connectivity index (χ3n) is 3.54. The predicted octanol–water partition coefficient (Wildman–Crippen LogP) is 2.83. The second-order valence-corrected chi connectivity index (χ2v) is 5.19. The number of fused-ring (bicyclic) bond motifs is 1. The van der Waals surface area contributed by atoms with Crippen LogP contribution in [0.1, 0.15) is 17.4 Å². The number of hydrogen-bond donors (Lipinski definition) is 2. The summed E-state index contributed by atoms with van der Waals surface area (Å²) in [6.45, 7) is 0.139. The molecule has 2 N–H and O–H groups in total. The van der Waals surface area contributed by atoms with Gasteiger partial charge in [-0.25, -0.2) is 0 Å². The largest absolute Gasteiger partial charge is 0.467 e. The van der Waals surface area contributed by atoms with Crippen LogP contribution in [0.3, 0.4) is 0 Å². The van der Waals surface area contributed by atoms with E-state index in [9.17, 15) is 9.90 Å². The maximum Gasteiger partial charge on any atom is 0.224 e. The molecule has 0 aliphatic carbocycles. The van der Waals surface area contributed by atoms with Crippen LogP contribution in [0.2, 0.25) is 0 Å². The lowest BCUT2D eigenvalue weighted by Gasteiger charge is -2.10. The van der Waals surface area contributed by atoms with Crippen molar-refractivity contribution in [3.8, 4) is 0 Å². The number of furan rings is 1. The summed E-state index contributed by atoms with van der Waals surface area (Å²) >= 11 is 0. The molecule has 0 saturated heterocycles. The van der Waals surface area contributed by atoms with E-state index >= 15 is 0 Å². The molecule has 0 saturated carbocycles. The van der Waals surface area contributed by atoms with Crippen molar-refractivity contribution in [3.05, 3.63) is 72.2 Å². The normalized spacial score (nSPS) is 12.2. The molecule has 0 aliphatic rings. The van der Waals surface area contributed by atoms with Gasteiger partial charge in [-0.3, -0.25) is 4.79 Å². The fourth-order valence-electron chi connectivity index (χ4n) is 2.39. The van der Waals surface area contributed by atoms with Gasteiger partial charge < -0.3 is 14.8 Å². The van der Waals surface area contributed by atoms with Crippen molar-refractivity contribution < 1.29 is 14.3 Å². The third kappa shape index (κ3) is 3.35. The second-order valence-electron chi connectivity index (χ2n) is 5.19. The van der Waals surface area contributed by atoms with Gasteiger partial charge in [0.15, 0.2) is 0 Å². The van der Waals surface area contributed by atoms with Crippen molar-refractivity contribution in [2.45, 2.75) is 12.5 Å². The summed E-state index contributed by atoms with van der Waals surface area (Å²) in [7, 11) is 0. The second kappa shape index (κ2) is 6.45. The molecule has 1 atom stereocenters. The summed E-state index contributed by atoms with van der Waals surface area (Å²) in [5, 5.41) is 14.8. The topological polar surface area (TPSA) is 62.5 Å². The minimum Gasteiger partial charge on any atom is -0.467 e. The minimum absolute atomic E-state index is 0.124. The van der Waals surface area contributed by atoms with Crippen LogP contribution >= 0.6 is 0 Å².